The molecule has 26 heavy (non-hydrogen) atoms. The minimum Gasteiger partial charge on any atom is -0.486 e. The summed E-state index contributed by atoms with van der Waals surface area (Å²) in [4.78, 5) is 19.4. The third kappa shape index (κ3) is 3.67. The standard InChI is InChI=1S/C19H17N3O3S/c23-19(6-5-15-4-2-10-26-15)22-9-7-18-16(12-22)17(21-25-18)13-24-14-3-1-8-20-11-14/h1-6,8,10-11H,7,9,12-13H2/b6-5+. The predicted molar refractivity (Wildman–Crippen MR) is 97.5 cm³/mol. The molecule has 4 rings (SSSR count). The highest BCUT2D eigenvalue weighted by Crippen LogP contribution is 2.24. The number of amides is 1. The monoisotopic (exact) mass is 367 g/mol. The maximum Gasteiger partial charge on any atom is 0.246 e. The Hall–Kier alpha value is -2.93. The SMILES string of the molecule is O=C(/C=C/c1cccs1)N1CCc2onc(COc3cccnc3)c2C1. The summed E-state index contributed by atoms with van der Waals surface area (Å²) in [6, 6.07) is 7.60. The van der Waals surface area contributed by atoms with Crippen molar-refractivity contribution in [1.82, 2.24) is 15.0 Å². The molecule has 132 valence electrons. The highest BCUT2D eigenvalue weighted by Gasteiger charge is 2.26. The topological polar surface area (TPSA) is 68.5 Å². The van der Waals surface area contributed by atoms with E-state index in [4.69, 9.17) is 9.26 Å². The van der Waals surface area contributed by atoms with E-state index in [0.717, 1.165) is 21.9 Å². The van der Waals surface area contributed by atoms with Crippen LogP contribution in [-0.4, -0.2) is 27.5 Å². The molecule has 0 bridgehead atoms. The smallest absolute Gasteiger partial charge is 0.246 e. The number of hydrogen-bond donors (Lipinski definition) is 0. The molecular formula is C19H17N3O3S. The van der Waals surface area contributed by atoms with Crippen LogP contribution in [0.3, 0.4) is 0 Å². The fraction of sp³-hybridized carbons (Fsp3) is 0.211. The van der Waals surface area contributed by atoms with Crippen molar-refractivity contribution in [3.05, 3.63) is 70.0 Å². The van der Waals surface area contributed by atoms with Gasteiger partial charge in [-0.2, -0.15) is 0 Å². The molecule has 3 aromatic rings. The second kappa shape index (κ2) is 7.53. The molecule has 6 nitrogen and oxygen atoms in total. The molecule has 0 N–H and O–H groups in total. The predicted octanol–water partition coefficient (Wildman–Crippen LogP) is 3.31. The van der Waals surface area contributed by atoms with Crippen LogP contribution < -0.4 is 4.74 Å². The van der Waals surface area contributed by atoms with E-state index in [2.05, 4.69) is 10.1 Å². The van der Waals surface area contributed by atoms with E-state index in [-0.39, 0.29) is 12.5 Å². The van der Waals surface area contributed by atoms with Gasteiger partial charge in [0.05, 0.1) is 12.7 Å². The molecule has 1 aliphatic rings. The molecule has 1 amide bonds. The van der Waals surface area contributed by atoms with Gasteiger partial charge in [0, 0.05) is 35.7 Å². The van der Waals surface area contributed by atoms with Crippen LogP contribution in [0.2, 0.25) is 0 Å². The maximum atomic E-state index is 12.5. The van der Waals surface area contributed by atoms with Crippen LogP contribution in [-0.2, 0) is 24.4 Å². The summed E-state index contributed by atoms with van der Waals surface area (Å²) in [5.41, 5.74) is 1.67. The van der Waals surface area contributed by atoms with Crippen LogP contribution >= 0.6 is 11.3 Å². The Morgan fingerprint density at radius 3 is 3.15 bits per heavy atom. The molecule has 1 aliphatic heterocycles. The van der Waals surface area contributed by atoms with Gasteiger partial charge in [0.2, 0.25) is 5.91 Å². The van der Waals surface area contributed by atoms with Crippen LogP contribution in [0, 0.1) is 0 Å². The van der Waals surface area contributed by atoms with Crippen LogP contribution in [0.4, 0.5) is 0 Å². The first-order valence-corrected chi connectivity index (χ1v) is 9.17. The third-order valence-corrected chi connectivity index (χ3v) is 5.00. The number of hydrogen-bond acceptors (Lipinski definition) is 6. The molecule has 4 heterocycles. The van der Waals surface area contributed by atoms with Gasteiger partial charge in [-0.15, -0.1) is 11.3 Å². The van der Waals surface area contributed by atoms with Gasteiger partial charge in [0.25, 0.3) is 0 Å². The number of thiophene rings is 1. The fourth-order valence-electron chi connectivity index (χ4n) is 2.79. The molecule has 0 radical (unpaired) electrons. The van der Waals surface area contributed by atoms with Gasteiger partial charge in [0.1, 0.15) is 23.8 Å². The summed E-state index contributed by atoms with van der Waals surface area (Å²) < 4.78 is 11.1. The van der Waals surface area contributed by atoms with E-state index in [9.17, 15) is 4.79 Å². The summed E-state index contributed by atoms with van der Waals surface area (Å²) in [7, 11) is 0. The van der Waals surface area contributed by atoms with Crippen molar-refractivity contribution >= 4 is 23.3 Å². The van der Waals surface area contributed by atoms with Crippen molar-refractivity contribution < 1.29 is 14.1 Å². The zero-order chi connectivity index (χ0) is 17.8. The largest absolute Gasteiger partial charge is 0.486 e. The van der Waals surface area contributed by atoms with E-state index in [1.807, 2.05) is 35.7 Å². The number of carbonyl (C=O) groups is 1. The molecule has 3 aromatic heterocycles. The average molecular weight is 367 g/mol. The normalized spacial score (nSPS) is 13.8. The number of rotatable bonds is 5. The quantitative estimate of drug-likeness (QED) is 0.647. The first kappa shape index (κ1) is 16.5. The Morgan fingerprint density at radius 1 is 1.38 bits per heavy atom. The second-order valence-electron chi connectivity index (χ2n) is 5.87. The molecule has 0 saturated carbocycles. The van der Waals surface area contributed by atoms with Crippen molar-refractivity contribution in [2.75, 3.05) is 6.54 Å². The van der Waals surface area contributed by atoms with E-state index >= 15 is 0 Å². The number of pyridine rings is 1. The Labute approximate surface area is 154 Å². The summed E-state index contributed by atoms with van der Waals surface area (Å²) >= 11 is 1.60. The lowest BCUT2D eigenvalue weighted by atomic mass is 10.1. The lowest BCUT2D eigenvalue weighted by Gasteiger charge is -2.25. The molecule has 0 spiro atoms. The highest BCUT2D eigenvalue weighted by molar-refractivity contribution is 7.10. The molecule has 0 atom stereocenters. The molecule has 0 fully saturated rings. The van der Waals surface area contributed by atoms with E-state index in [1.54, 1.807) is 34.7 Å². The summed E-state index contributed by atoms with van der Waals surface area (Å²) in [6.07, 6.45) is 7.47. The van der Waals surface area contributed by atoms with E-state index < -0.39 is 0 Å². The number of aromatic nitrogens is 2. The van der Waals surface area contributed by atoms with Crippen molar-refractivity contribution in [3.63, 3.8) is 0 Å². The fourth-order valence-corrected chi connectivity index (χ4v) is 3.41. The van der Waals surface area contributed by atoms with Crippen LogP contribution in [0.25, 0.3) is 6.08 Å². The van der Waals surface area contributed by atoms with Gasteiger partial charge in [-0.25, -0.2) is 0 Å². The average Bonchev–Trinajstić information content (AvgIpc) is 3.34. The van der Waals surface area contributed by atoms with Crippen molar-refractivity contribution in [1.29, 1.82) is 0 Å². The number of ether oxygens (including phenoxy) is 1. The first-order chi connectivity index (χ1) is 12.8. The molecule has 0 aliphatic carbocycles. The minimum atomic E-state index is -0.00984. The molecular weight excluding hydrogens is 350 g/mol. The highest BCUT2D eigenvalue weighted by atomic mass is 32.1. The Balaban J connectivity index is 1.42. The van der Waals surface area contributed by atoms with Crippen molar-refractivity contribution in [2.45, 2.75) is 19.6 Å². The number of carbonyl (C=O) groups excluding carboxylic acids is 1. The lowest BCUT2D eigenvalue weighted by Crippen LogP contribution is -2.34. The van der Waals surface area contributed by atoms with Gasteiger partial charge < -0.3 is 14.2 Å². The number of nitrogens with zero attached hydrogens (tertiary/aromatic N) is 3. The van der Waals surface area contributed by atoms with Crippen LogP contribution in [0.5, 0.6) is 5.75 Å². The second-order valence-corrected chi connectivity index (χ2v) is 6.85. The first-order valence-electron chi connectivity index (χ1n) is 8.29. The molecule has 0 unspecified atom stereocenters. The maximum absolute atomic E-state index is 12.5. The molecule has 0 aromatic carbocycles. The zero-order valence-corrected chi connectivity index (χ0v) is 14.8. The van der Waals surface area contributed by atoms with Gasteiger partial charge in [-0.3, -0.25) is 9.78 Å². The Kier molecular flexibility index (Phi) is 4.79. The minimum absolute atomic E-state index is 0.00984. The lowest BCUT2D eigenvalue weighted by molar-refractivity contribution is -0.126. The van der Waals surface area contributed by atoms with Crippen LogP contribution in [0.15, 0.2) is 52.6 Å². The van der Waals surface area contributed by atoms with Crippen molar-refractivity contribution in [3.8, 4) is 5.75 Å². The Morgan fingerprint density at radius 2 is 2.35 bits per heavy atom. The van der Waals surface area contributed by atoms with Gasteiger partial charge in [0.15, 0.2) is 0 Å². The van der Waals surface area contributed by atoms with Crippen molar-refractivity contribution in [2.24, 2.45) is 0 Å². The Bertz CT molecular complexity index is 904. The van der Waals surface area contributed by atoms with Gasteiger partial charge in [-0.1, -0.05) is 11.2 Å². The summed E-state index contributed by atoms with van der Waals surface area (Å²) in [6.45, 7) is 1.40. The molecule has 7 heteroatoms. The van der Waals surface area contributed by atoms with Gasteiger partial charge >= 0.3 is 0 Å². The zero-order valence-electron chi connectivity index (χ0n) is 14.0. The third-order valence-electron chi connectivity index (χ3n) is 4.16. The number of fused-ring (bicyclic) bond motifs is 1. The van der Waals surface area contributed by atoms with Crippen LogP contribution in [0.1, 0.15) is 21.9 Å². The van der Waals surface area contributed by atoms with Gasteiger partial charge in [-0.05, 0) is 29.7 Å². The van der Waals surface area contributed by atoms with E-state index in [0.29, 0.717) is 25.3 Å². The summed E-state index contributed by atoms with van der Waals surface area (Å²) in [5, 5.41) is 6.11. The molecule has 0 saturated heterocycles. The van der Waals surface area contributed by atoms with E-state index in [1.165, 1.54) is 0 Å². The summed E-state index contributed by atoms with van der Waals surface area (Å²) in [5.74, 6) is 1.50.